The lowest BCUT2D eigenvalue weighted by Crippen LogP contribution is -2.30. The van der Waals surface area contributed by atoms with E-state index < -0.39 is 0 Å². The summed E-state index contributed by atoms with van der Waals surface area (Å²) in [7, 11) is 0. The van der Waals surface area contributed by atoms with Crippen LogP contribution in [0.15, 0.2) is 67.0 Å². The van der Waals surface area contributed by atoms with Gasteiger partial charge in [-0.25, -0.2) is 9.78 Å². The summed E-state index contributed by atoms with van der Waals surface area (Å²) >= 11 is 0. The van der Waals surface area contributed by atoms with Crippen molar-refractivity contribution in [3.63, 3.8) is 0 Å². The zero-order valence-corrected chi connectivity index (χ0v) is 16.3. The molecule has 1 aliphatic rings. The average Bonchev–Trinajstić information content (AvgIpc) is 2.79. The van der Waals surface area contributed by atoms with Gasteiger partial charge in [0, 0.05) is 43.3 Å². The molecule has 0 atom stereocenters. The van der Waals surface area contributed by atoms with Gasteiger partial charge in [0.25, 0.3) is 0 Å². The smallest absolute Gasteiger partial charge is 0.319 e. The molecule has 0 unspecified atom stereocenters. The SMILES string of the molecule is O=C(NCc1ccccc1)Nc1cccc(-c2nccnc2N2CCCCC2)c1. The van der Waals surface area contributed by atoms with Crippen LogP contribution in [-0.2, 0) is 6.54 Å². The van der Waals surface area contributed by atoms with Crippen molar-refractivity contribution in [1.82, 2.24) is 15.3 Å². The Balaban J connectivity index is 1.47. The van der Waals surface area contributed by atoms with E-state index in [1.54, 1.807) is 12.4 Å². The molecular weight excluding hydrogens is 362 g/mol. The van der Waals surface area contributed by atoms with Gasteiger partial charge in [-0.2, -0.15) is 0 Å². The van der Waals surface area contributed by atoms with Gasteiger partial charge in [0.15, 0.2) is 5.82 Å². The first-order chi connectivity index (χ1) is 14.3. The van der Waals surface area contributed by atoms with E-state index in [2.05, 4.69) is 25.5 Å². The fourth-order valence-electron chi connectivity index (χ4n) is 3.57. The maximum atomic E-state index is 12.3. The number of nitrogens with one attached hydrogen (secondary N) is 2. The van der Waals surface area contributed by atoms with Crippen molar-refractivity contribution in [2.24, 2.45) is 0 Å². The lowest BCUT2D eigenvalue weighted by molar-refractivity contribution is 0.251. The van der Waals surface area contributed by atoms with Crippen LogP contribution in [0, 0.1) is 0 Å². The summed E-state index contributed by atoms with van der Waals surface area (Å²) in [6, 6.07) is 17.4. The van der Waals surface area contributed by atoms with E-state index in [1.807, 2.05) is 54.6 Å². The molecule has 1 aliphatic heterocycles. The van der Waals surface area contributed by atoms with Crippen molar-refractivity contribution in [3.05, 3.63) is 72.6 Å². The second kappa shape index (κ2) is 9.19. The molecule has 0 spiro atoms. The zero-order chi connectivity index (χ0) is 19.9. The Hall–Kier alpha value is -3.41. The van der Waals surface area contributed by atoms with Gasteiger partial charge in [-0.15, -0.1) is 0 Å². The highest BCUT2D eigenvalue weighted by Gasteiger charge is 2.18. The lowest BCUT2D eigenvalue weighted by Gasteiger charge is -2.28. The minimum Gasteiger partial charge on any atom is -0.355 e. The number of hydrogen-bond acceptors (Lipinski definition) is 4. The standard InChI is InChI=1S/C23H25N5O/c29-23(26-17-18-8-3-1-4-9-18)27-20-11-7-10-19(16-20)21-22(25-13-12-24-21)28-14-5-2-6-15-28/h1,3-4,7-13,16H,2,5-6,14-15,17H2,(H2,26,27,29). The summed E-state index contributed by atoms with van der Waals surface area (Å²) in [5.74, 6) is 0.915. The van der Waals surface area contributed by atoms with Crippen LogP contribution in [0.25, 0.3) is 11.3 Å². The van der Waals surface area contributed by atoms with Crippen molar-refractivity contribution in [1.29, 1.82) is 0 Å². The van der Waals surface area contributed by atoms with Gasteiger partial charge >= 0.3 is 6.03 Å². The molecule has 0 bridgehead atoms. The molecule has 1 aromatic heterocycles. The first kappa shape index (κ1) is 18.9. The normalized spacial score (nSPS) is 13.7. The van der Waals surface area contributed by atoms with E-state index in [1.165, 1.54) is 19.3 Å². The van der Waals surface area contributed by atoms with Gasteiger partial charge in [-0.3, -0.25) is 4.98 Å². The van der Waals surface area contributed by atoms with E-state index in [-0.39, 0.29) is 6.03 Å². The number of carbonyl (C=O) groups is 1. The minimum atomic E-state index is -0.235. The highest BCUT2D eigenvalue weighted by atomic mass is 16.2. The summed E-state index contributed by atoms with van der Waals surface area (Å²) in [6.07, 6.45) is 7.09. The lowest BCUT2D eigenvalue weighted by atomic mass is 10.1. The van der Waals surface area contributed by atoms with Gasteiger partial charge in [0.05, 0.1) is 0 Å². The molecule has 0 saturated carbocycles. The van der Waals surface area contributed by atoms with Gasteiger partial charge in [0.1, 0.15) is 5.69 Å². The minimum absolute atomic E-state index is 0.235. The second-order valence-corrected chi connectivity index (χ2v) is 7.15. The zero-order valence-electron chi connectivity index (χ0n) is 16.3. The van der Waals surface area contributed by atoms with Crippen LogP contribution in [0.3, 0.4) is 0 Å². The molecule has 6 nitrogen and oxygen atoms in total. The number of nitrogens with zero attached hydrogens (tertiary/aromatic N) is 3. The molecule has 148 valence electrons. The van der Waals surface area contributed by atoms with E-state index in [4.69, 9.17) is 0 Å². The summed E-state index contributed by atoms with van der Waals surface area (Å²) in [6.45, 7) is 2.49. The molecule has 3 aromatic rings. The summed E-state index contributed by atoms with van der Waals surface area (Å²) in [4.78, 5) is 23.8. The third-order valence-corrected chi connectivity index (χ3v) is 5.02. The molecule has 6 heteroatoms. The summed E-state index contributed by atoms with van der Waals surface area (Å²) in [5, 5.41) is 5.79. The fourth-order valence-corrected chi connectivity index (χ4v) is 3.57. The van der Waals surface area contributed by atoms with Crippen molar-refractivity contribution in [2.45, 2.75) is 25.8 Å². The molecule has 0 aliphatic carbocycles. The van der Waals surface area contributed by atoms with Gasteiger partial charge in [0.2, 0.25) is 0 Å². The molecular formula is C23H25N5O. The number of piperidine rings is 1. The van der Waals surface area contributed by atoms with Crippen molar-refractivity contribution >= 4 is 17.5 Å². The first-order valence-corrected chi connectivity index (χ1v) is 10.0. The van der Waals surface area contributed by atoms with Crippen molar-refractivity contribution < 1.29 is 4.79 Å². The molecule has 2 amide bonds. The van der Waals surface area contributed by atoms with E-state index in [0.29, 0.717) is 6.54 Å². The molecule has 2 N–H and O–H groups in total. The molecule has 1 fully saturated rings. The number of urea groups is 1. The third kappa shape index (κ3) is 4.90. The Bertz CT molecular complexity index is 954. The summed E-state index contributed by atoms with van der Waals surface area (Å²) < 4.78 is 0. The Kier molecular flexibility index (Phi) is 6.00. The van der Waals surface area contributed by atoms with E-state index in [0.717, 1.165) is 41.4 Å². The molecule has 2 aromatic carbocycles. The highest BCUT2D eigenvalue weighted by Crippen LogP contribution is 2.30. The van der Waals surface area contributed by atoms with Crippen LogP contribution < -0.4 is 15.5 Å². The van der Waals surface area contributed by atoms with Crippen LogP contribution in [-0.4, -0.2) is 29.1 Å². The maximum Gasteiger partial charge on any atom is 0.319 e. The predicted molar refractivity (Wildman–Crippen MR) is 116 cm³/mol. The van der Waals surface area contributed by atoms with Gasteiger partial charge in [-0.1, -0.05) is 42.5 Å². The van der Waals surface area contributed by atoms with Crippen molar-refractivity contribution in [2.75, 3.05) is 23.3 Å². The van der Waals surface area contributed by atoms with Crippen LogP contribution >= 0.6 is 0 Å². The molecule has 0 radical (unpaired) electrons. The van der Waals surface area contributed by atoms with E-state index >= 15 is 0 Å². The third-order valence-electron chi connectivity index (χ3n) is 5.02. The molecule has 2 heterocycles. The number of benzene rings is 2. The molecule has 1 saturated heterocycles. The topological polar surface area (TPSA) is 70.1 Å². The monoisotopic (exact) mass is 387 g/mol. The maximum absolute atomic E-state index is 12.3. The number of carbonyl (C=O) groups excluding carboxylic acids is 1. The number of anilines is 2. The Morgan fingerprint density at radius 3 is 2.55 bits per heavy atom. The molecule has 29 heavy (non-hydrogen) atoms. The quantitative estimate of drug-likeness (QED) is 0.678. The van der Waals surface area contributed by atoms with Crippen LogP contribution in [0.2, 0.25) is 0 Å². The Labute approximate surface area is 171 Å². The van der Waals surface area contributed by atoms with Crippen molar-refractivity contribution in [3.8, 4) is 11.3 Å². The Morgan fingerprint density at radius 1 is 0.931 bits per heavy atom. The number of hydrogen-bond donors (Lipinski definition) is 2. The van der Waals surface area contributed by atoms with E-state index in [9.17, 15) is 4.79 Å². The number of rotatable bonds is 5. The fraction of sp³-hybridized carbons (Fsp3) is 0.261. The molecule has 4 rings (SSSR count). The number of aromatic nitrogens is 2. The number of amides is 2. The van der Waals surface area contributed by atoms with Gasteiger partial charge in [-0.05, 0) is 37.0 Å². The average molecular weight is 387 g/mol. The van der Waals surface area contributed by atoms with Crippen LogP contribution in [0.5, 0.6) is 0 Å². The van der Waals surface area contributed by atoms with Gasteiger partial charge < -0.3 is 15.5 Å². The van der Waals surface area contributed by atoms with Crippen LogP contribution in [0.4, 0.5) is 16.3 Å². The Morgan fingerprint density at radius 2 is 1.72 bits per heavy atom. The first-order valence-electron chi connectivity index (χ1n) is 10.0. The second-order valence-electron chi connectivity index (χ2n) is 7.15. The largest absolute Gasteiger partial charge is 0.355 e. The van der Waals surface area contributed by atoms with Crippen LogP contribution in [0.1, 0.15) is 24.8 Å². The summed E-state index contributed by atoms with van der Waals surface area (Å²) in [5.41, 5.74) is 3.58. The highest BCUT2D eigenvalue weighted by molar-refractivity contribution is 5.90. The predicted octanol–water partition coefficient (Wildman–Crippen LogP) is 4.46.